The Hall–Kier alpha value is -3.06. The molecular formula is C17H14N4O2S. The fourth-order valence-electron chi connectivity index (χ4n) is 2.21. The Labute approximate surface area is 143 Å². The van der Waals surface area contributed by atoms with Gasteiger partial charge in [0.05, 0.1) is 11.8 Å². The highest BCUT2D eigenvalue weighted by Crippen LogP contribution is 2.18. The van der Waals surface area contributed by atoms with Crippen LogP contribution in [-0.4, -0.2) is 32.2 Å². The van der Waals surface area contributed by atoms with E-state index < -0.39 is 5.97 Å². The van der Waals surface area contributed by atoms with Crippen LogP contribution in [0.1, 0.15) is 21.5 Å². The molecule has 0 spiro atoms. The van der Waals surface area contributed by atoms with E-state index in [-0.39, 0.29) is 5.56 Å². The van der Waals surface area contributed by atoms with Gasteiger partial charge in [-0.3, -0.25) is 0 Å². The number of carboxylic acid groups (broad SMARTS) is 1. The third-order valence-electron chi connectivity index (χ3n) is 3.46. The lowest BCUT2D eigenvalue weighted by Gasteiger charge is -2.03. The fourth-order valence-corrected chi connectivity index (χ4v) is 2.39. The quantitative estimate of drug-likeness (QED) is 0.563. The Bertz CT molecular complexity index is 971. The molecule has 0 unspecified atom stereocenters. The van der Waals surface area contributed by atoms with E-state index in [1.54, 1.807) is 18.2 Å². The third kappa shape index (κ3) is 3.16. The lowest BCUT2D eigenvalue weighted by atomic mass is 10.1. The van der Waals surface area contributed by atoms with Crippen LogP contribution in [0.4, 0.5) is 0 Å². The lowest BCUT2D eigenvalue weighted by molar-refractivity contribution is 0.0697. The van der Waals surface area contributed by atoms with Crippen LogP contribution in [0.2, 0.25) is 0 Å². The van der Waals surface area contributed by atoms with Gasteiger partial charge < -0.3 is 5.11 Å². The number of hydrogen-bond acceptors (Lipinski definition) is 4. The maximum atomic E-state index is 11.3. The van der Waals surface area contributed by atoms with Crippen LogP contribution >= 0.6 is 12.2 Å². The maximum Gasteiger partial charge on any atom is 0.336 e. The zero-order valence-corrected chi connectivity index (χ0v) is 13.6. The summed E-state index contributed by atoms with van der Waals surface area (Å²) < 4.78 is 1.80. The number of benzene rings is 2. The summed E-state index contributed by atoms with van der Waals surface area (Å²) in [6.07, 6.45) is 1.46. The van der Waals surface area contributed by atoms with Crippen LogP contribution in [0.25, 0.3) is 11.4 Å². The van der Waals surface area contributed by atoms with Crippen molar-refractivity contribution in [1.29, 1.82) is 0 Å². The van der Waals surface area contributed by atoms with Gasteiger partial charge in [0.1, 0.15) is 0 Å². The summed E-state index contributed by atoms with van der Waals surface area (Å²) in [6.45, 7) is 2.00. The SMILES string of the molecule is Cc1ccc(-c2n[nH]c(=S)n2/N=C\c2ccccc2C(=O)O)cc1. The van der Waals surface area contributed by atoms with E-state index in [0.29, 0.717) is 16.2 Å². The lowest BCUT2D eigenvalue weighted by Crippen LogP contribution is -2.02. The average molecular weight is 338 g/mol. The van der Waals surface area contributed by atoms with Gasteiger partial charge in [-0.1, -0.05) is 48.0 Å². The summed E-state index contributed by atoms with van der Waals surface area (Å²) in [5.74, 6) is -0.448. The minimum absolute atomic E-state index is 0.174. The summed E-state index contributed by atoms with van der Waals surface area (Å²) in [5.41, 5.74) is 2.66. The molecule has 0 aliphatic rings. The molecule has 120 valence electrons. The van der Waals surface area contributed by atoms with E-state index in [9.17, 15) is 9.90 Å². The van der Waals surface area contributed by atoms with Crippen molar-refractivity contribution >= 4 is 24.4 Å². The molecule has 2 aromatic carbocycles. The molecule has 0 saturated heterocycles. The monoisotopic (exact) mass is 338 g/mol. The highest BCUT2D eigenvalue weighted by atomic mass is 32.1. The molecule has 1 aromatic heterocycles. The van der Waals surface area contributed by atoms with Crippen LogP contribution in [0.15, 0.2) is 53.6 Å². The number of rotatable bonds is 4. The Morgan fingerprint density at radius 3 is 2.67 bits per heavy atom. The molecule has 0 aliphatic carbocycles. The van der Waals surface area contributed by atoms with Gasteiger partial charge in [-0.2, -0.15) is 14.9 Å². The number of aryl methyl sites for hydroxylation is 1. The second kappa shape index (κ2) is 6.59. The molecule has 6 nitrogen and oxygen atoms in total. The molecule has 1 heterocycles. The Balaban J connectivity index is 2.03. The molecule has 3 aromatic rings. The highest BCUT2D eigenvalue weighted by Gasteiger charge is 2.09. The number of aromatic amines is 1. The number of nitrogens with zero attached hydrogens (tertiary/aromatic N) is 3. The second-order valence-electron chi connectivity index (χ2n) is 5.17. The molecule has 0 amide bonds. The van der Waals surface area contributed by atoms with E-state index in [0.717, 1.165) is 11.1 Å². The molecule has 0 aliphatic heterocycles. The van der Waals surface area contributed by atoms with Gasteiger partial charge in [-0.25, -0.2) is 9.89 Å². The maximum absolute atomic E-state index is 11.3. The van der Waals surface area contributed by atoms with E-state index >= 15 is 0 Å². The second-order valence-corrected chi connectivity index (χ2v) is 5.55. The molecule has 7 heteroatoms. The smallest absolute Gasteiger partial charge is 0.336 e. The summed E-state index contributed by atoms with van der Waals surface area (Å²) in [4.78, 5) is 11.3. The van der Waals surface area contributed by atoms with Crippen LogP contribution in [0.3, 0.4) is 0 Å². The van der Waals surface area contributed by atoms with Crippen LogP contribution in [-0.2, 0) is 0 Å². The van der Waals surface area contributed by atoms with Crippen LogP contribution in [0, 0.1) is 11.7 Å². The van der Waals surface area contributed by atoms with E-state index in [4.69, 9.17) is 12.2 Å². The Kier molecular flexibility index (Phi) is 4.35. The number of carboxylic acids is 1. The zero-order valence-electron chi connectivity index (χ0n) is 12.8. The zero-order chi connectivity index (χ0) is 17.1. The number of aromatic nitrogens is 3. The topological polar surface area (TPSA) is 83.3 Å². The first-order valence-corrected chi connectivity index (χ1v) is 7.58. The number of nitrogens with one attached hydrogen (secondary N) is 1. The predicted octanol–water partition coefficient (Wildman–Crippen LogP) is 3.50. The van der Waals surface area contributed by atoms with Crippen molar-refractivity contribution in [2.24, 2.45) is 5.10 Å². The molecule has 0 bridgehead atoms. The molecule has 3 rings (SSSR count). The van der Waals surface area contributed by atoms with Crippen LogP contribution < -0.4 is 0 Å². The van der Waals surface area contributed by atoms with Crippen molar-refractivity contribution in [3.05, 3.63) is 70.0 Å². The highest BCUT2D eigenvalue weighted by molar-refractivity contribution is 7.71. The molecule has 0 atom stereocenters. The number of carbonyl (C=O) groups is 1. The summed E-state index contributed by atoms with van der Waals surface area (Å²) >= 11 is 5.21. The molecule has 24 heavy (non-hydrogen) atoms. The molecule has 0 fully saturated rings. The van der Waals surface area contributed by atoms with Crippen molar-refractivity contribution < 1.29 is 9.90 Å². The summed E-state index contributed by atoms with van der Waals surface area (Å²) in [6, 6.07) is 14.4. The van der Waals surface area contributed by atoms with Crippen molar-refractivity contribution in [2.75, 3.05) is 0 Å². The largest absolute Gasteiger partial charge is 0.478 e. The Morgan fingerprint density at radius 2 is 1.96 bits per heavy atom. The van der Waals surface area contributed by atoms with Crippen molar-refractivity contribution in [3.8, 4) is 11.4 Å². The average Bonchev–Trinajstić information content (AvgIpc) is 2.94. The first-order valence-electron chi connectivity index (χ1n) is 7.17. The van der Waals surface area contributed by atoms with Gasteiger partial charge >= 0.3 is 5.97 Å². The normalized spacial score (nSPS) is 11.0. The first-order chi connectivity index (χ1) is 11.6. The third-order valence-corrected chi connectivity index (χ3v) is 3.73. The number of hydrogen-bond donors (Lipinski definition) is 2. The van der Waals surface area contributed by atoms with E-state index in [2.05, 4.69) is 15.3 Å². The van der Waals surface area contributed by atoms with E-state index in [1.165, 1.54) is 17.0 Å². The fraction of sp³-hybridized carbons (Fsp3) is 0.0588. The Morgan fingerprint density at radius 1 is 1.25 bits per heavy atom. The molecule has 0 saturated carbocycles. The number of aromatic carboxylic acids is 1. The van der Waals surface area contributed by atoms with Crippen molar-refractivity contribution in [3.63, 3.8) is 0 Å². The summed E-state index contributed by atoms with van der Waals surface area (Å²) in [7, 11) is 0. The van der Waals surface area contributed by atoms with Crippen LogP contribution in [0.5, 0.6) is 0 Å². The first kappa shape index (κ1) is 15.8. The molecular weight excluding hydrogens is 324 g/mol. The van der Waals surface area contributed by atoms with Crippen molar-refractivity contribution in [1.82, 2.24) is 14.9 Å². The van der Waals surface area contributed by atoms with Gasteiger partial charge in [-0.15, -0.1) is 0 Å². The number of H-pyrrole nitrogens is 1. The van der Waals surface area contributed by atoms with Gasteiger partial charge in [0.2, 0.25) is 4.77 Å². The van der Waals surface area contributed by atoms with Gasteiger partial charge in [0, 0.05) is 11.1 Å². The summed E-state index contributed by atoms with van der Waals surface area (Å²) in [5, 5.41) is 20.4. The molecule has 2 N–H and O–H groups in total. The minimum Gasteiger partial charge on any atom is -0.478 e. The van der Waals surface area contributed by atoms with E-state index in [1.807, 2.05) is 31.2 Å². The predicted molar refractivity (Wildman–Crippen MR) is 94.0 cm³/mol. The molecule has 0 radical (unpaired) electrons. The van der Waals surface area contributed by atoms with Gasteiger partial charge in [0.25, 0.3) is 0 Å². The minimum atomic E-state index is -1.01. The van der Waals surface area contributed by atoms with Crippen molar-refractivity contribution in [2.45, 2.75) is 6.92 Å². The van der Waals surface area contributed by atoms with Gasteiger partial charge in [-0.05, 0) is 25.2 Å². The standard InChI is InChI=1S/C17H14N4O2S/c1-11-6-8-12(9-7-11)15-19-20-17(24)21(15)18-10-13-4-2-3-5-14(13)16(22)23/h2-10H,1H3,(H,20,24)(H,22,23)/b18-10-. The van der Waals surface area contributed by atoms with Gasteiger partial charge in [0.15, 0.2) is 5.82 Å².